The van der Waals surface area contributed by atoms with Gasteiger partial charge in [-0.2, -0.15) is 0 Å². The third kappa shape index (κ3) is 1.83. The van der Waals surface area contributed by atoms with Crippen LogP contribution in [0.25, 0.3) is 0 Å². The highest BCUT2D eigenvalue weighted by atomic mass is 14.7. The van der Waals surface area contributed by atoms with E-state index in [0.717, 1.165) is 12.8 Å². The molecule has 3 nitrogen and oxygen atoms in total. The lowest BCUT2D eigenvalue weighted by Gasteiger charge is -1.96. The minimum atomic E-state index is 0.118. The zero-order valence-corrected chi connectivity index (χ0v) is 5.28. The summed E-state index contributed by atoms with van der Waals surface area (Å²) in [6.07, 6.45) is 2.64. The second-order valence-corrected chi connectivity index (χ2v) is 2.50. The van der Waals surface area contributed by atoms with Gasteiger partial charge in [-0.1, -0.05) is 0 Å². The monoisotopic (exact) mass is 125 g/mol. The molecule has 0 heterocycles. The fraction of sp³-hybridized carbons (Fsp3) is 0.667. The van der Waals surface area contributed by atoms with Crippen LogP contribution in [0.1, 0.15) is 19.3 Å². The van der Waals surface area contributed by atoms with Crippen molar-refractivity contribution in [1.29, 1.82) is 10.8 Å². The maximum absolute atomic E-state index is 7.32. The second kappa shape index (κ2) is 2.17. The lowest BCUT2D eigenvalue weighted by atomic mass is 10.2. The van der Waals surface area contributed by atoms with Crippen LogP contribution in [0, 0.1) is 16.7 Å². The molecule has 0 aromatic heterocycles. The normalized spacial score (nSPS) is 17.3. The van der Waals surface area contributed by atoms with Crippen molar-refractivity contribution in [2.24, 2.45) is 11.7 Å². The van der Waals surface area contributed by atoms with Crippen LogP contribution in [0.15, 0.2) is 0 Å². The molecule has 1 rings (SSSR count). The smallest absolute Gasteiger partial charge is 0.0962 e. The zero-order valence-electron chi connectivity index (χ0n) is 5.28. The molecule has 3 heteroatoms. The summed E-state index contributed by atoms with van der Waals surface area (Å²) >= 11 is 0. The minimum Gasteiger partial charge on any atom is -0.387 e. The molecule has 9 heavy (non-hydrogen) atoms. The SMILES string of the molecule is N=C(N)CC(=N)C1CC1. The molecule has 4 N–H and O–H groups in total. The highest BCUT2D eigenvalue weighted by molar-refractivity contribution is 6.01. The van der Waals surface area contributed by atoms with Crippen LogP contribution in [0.5, 0.6) is 0 Å². The van der Waals surface area contributed by atoms with E-state index in [-0.39, 0.29) is 5.84 Å². The summed E-state index contributed by atoms with van der Waals surface area (Å²) in [5.74, 6) is 0.584. The average Bonchev–Trinajstić information content (AvgIpc) is 2.40. The van der Waals surface area contributed by atoms with E-state index in [9.17, 15) is 0 Å². The topological polar surface area (TPSA) is 73.7 Å². The van der Waals surface area contributed by atoms with Gasteiger partial charge in [0.1, 0.15) is 0 Å². The van der Waals surface area contributed by atoms with Gasteiger partial charge in [-0.3, -0.25) is 5.41 Å². The molecule has 0 spiro atoms. The molecule has 0 amide bonds. The van der Waals surface area contributed by atoms with Crippen molar-refractivity contribution in [2.45, 2.75) is 19.3 Å². The van der Waals surface area contributed by atoms with Crippen molar-refractivity contribution >= 4 is 11.5 Å². The van der Waals surface area contributed by atoms with Gasteiger partial charge in [0.15, 0.2) is 0 Å². The van der Waals surface area contributed by atoms with E-state index >= 15 is 0 Å². The summed E-state index contributed by atoms with van der Waals surface area (Å²) in [5, 5.41) is 14.2. The first-order chi connectivity index (χ1) is 4.20. The third-order valence-electron chi connectivity index (χ3n) is 1.45. The van der Waals surface area contributed by atoms with Gasteiger partial charge in [0.05, 0.1) is 5.84 Å². The Morgan fingerprint density at radius 3 is 2.33 bits per heavy atom. The quantitative estimate of drug-likeness (QED) is 0.377. The van der Waals surface area contributed by atoms with Gasteiger partial charge < -0.3 is 11.1 Å². The van der Waals surface area contributed by atoms with Crippen LogP contribution >= 0.6 is 0 Å². The molecule has 0 atom stereocenters. The predicted octanol–water partition coefficient (Wildman–Crippen LogP) is 0.742. The van der Waals surface area contributed by atoms with Gasteiger partial charge in [-0.25, -0.2) is 0 Å². The van der Waals surface area contributed by atoms with Crippen molar-refractivity contribution in [2.75, 3.05) is 0 Å². The lowest BCUT2D eigenvalue weighted by molar-refractivity contribution is 1.11. The van der Waals surface area contributed by atoms with Gasteiger partial charge in [0.2, 0.25) is 0 Å². The second-order valence-electron chi connectivity index (χ2n) is 2.50. The van der Waals surface area contributed by atoms with Crippen LogP contribution < -0.4 is 5.73 Å². The molecule has 1 fully saturated rings. The summed E-state index contributed by atoms with van der Waals surface area (Å²) in [4.78, 5) is 0. The Morgan fingerprint density at radius 2 is 2.00 bits per heavy atom. The lowest BCUT2D eigenvalue weighted by Crippen LogP contribution is -2.15. The highest BCUT2D eigenvalue weighted by Crippen LogP contribution is 2.30. The Balaban J connectivity index is 2.26. The third-order valence-corrected chi connectivity index (χ3v) is 1.45. The molecule has 0 unspecified atom stereocenters. The van der Waals surface area contributed by atoms with E-state index < -0.39 is 0 Å². The van der Waals surface area contributed by atoms with Crippen molar-refractivity contribution in [3.8, 4) is 0 Å². The zero-order chi connectivity index (χ0) is 6.85. The van der Waals surface area contributed by atoms with Crippen LogP contribution in [0.3, 0.4) is 0 Å². The largest absolute Gasteiger partial charge is 0.387 e. The van der Waals surface area contributed by atoms with Crippen LogP contribution in [0.4, 0.5) is 0 Å². The number of amidine groups is 1. The van der Waals surface area contributed by atoms with E-state index in [1.54, 1.807) is 0 Å². The molecule has 0 aliphatic heterocycles. The summed E-state index contributed by atoms with van der Waals surface area (Å²) < 4.78 is 0. The minimum absolute atomic E-state index is 0.118. The van der Waals surface area contributed by atoms with E-state index in [4.69, 9.17) is 16.6 Å². The first-order valence-corrected chi connectivity index (χ1v) is 3.10. The van der Waals surface area contributed by atoms with Gasteiger partial charge in [-0.05, 0) is 18.8 Å². The van der Waals surface area contributed by atoms with Crippen molar-refractivity contribution in [3.05, 3.63) is 0 Å². The van der Waals surface area contributed by atoms with Crippen molar-refractivity contribution in [1.82, 2.24) is 0 Å². The Labute approximate surface area is 54.3 Å². The van der Waals surface area contributed by atoms with Crippen molar-refractivity contribution < 1.29 is 0 Å². The van der Waals surface area contributed by atoms with E-state index in [1.807, 2.05) is 0 Å². The van der Waals surface area contributed by atoms with E-state index in [2.05, 4.69) is 0 Å². The van der Waals surface area contributed by atoms with Gasteiger partial charge in [-0.15, -0.1) is 0 Å². The average molecular weight is 125 g/mol. The molecule has 1 aliphatic carbocycles. The Bertz CT molecular complexity index is 146. The molecule has 1 aliphatic rings. The standard InChI is InChI=1S/C6H11N3/c7-5(3-6(8)9)4-1-2-4/h4,7H,1-3H2,(H3,8,9). The Morgan fingerprint density at radius 1 is 1.44 bits per heavy atom. The summed E-state index contributed by atoms with van der Waals surface area (Å²) in [6, 6.07) is 0. The van der Waals surface area contributed by atoms with Gasteiger partial charge >= 0.3 is 0 Å². The van der Waals surface area contributed by atoms with E-state index in [0.29, 0.717) is 18.1 Å². The molecule has 1 saturated carbocycles. The number of hydrogen-bond donors (Lipinski definition) is 3. The maximum Gasteiger partial charge on any atom is 0.0962 e. The van der Waals surface area contributed by atoms with Gasteiger partial charge in [0, 0.05) is 12.1 Å². The molecule has 0 bridgehead atoms. The summed E-state index contributed by atoms with van der Waals surface area (Å²) in [7, 11) is 0. The van der Waals surface area contributed by atoms with E-state index in [1.165, 1.54) is 0 Å². The first kappa shape index (κ1) is 6.26. The van der Waals surface area contributed by atoms with Gasteiger partial charge in [0.25, 0.3) is 0 Å². The molecular weight excluding hydrogens is 114 g/mol. The summed E-state index contributed by atoms with van der Waals surface area (Å²) in [6.45, 7) is 0. The highest BCUT2D eigenvalue weighted by Gasteiger charge is 2.26. The fourth-order valence-corrected chi connectivity index (χ4v) is 0.781. The summed E-state index contributed by atoms with van der Waals surface area (Å²) in [5.41, 5.74) is 5.74. The molecule has 50 valence electrons. The fourth-order valence-electron chi connectivity index (χ4n) is 0.781. The molecule has 0 aromatic rings. The van der Waals surface area contributed by atoms with Crippen LogP contribution in [0.2, 0.25) is 0 Å². The maximum atomic E-state index is 7.32. The predicted molar refractivity (Wildman–Crippen MR) is 37.0 cm³/mol. The van der Waals surface area contributed by atoms with Crippen LogP contribution in [-0.2, 0) is 0 Å². The number of rotatable bonds is 3. The van der Waals surface area contributed by atoms with Crippen molar-refractivity contribution in [3.63, 3.8) is 0 Å². The number of hydrogen-bond acceptors (Lipinski definition) is 2. The molecule has 0 radical (unpaired) electrons. The number of nitrogens with two attached hydrogens (primary N) is 1. The molecule has 0 saturated heterocycles. The number of nitrogens with one attached hydrogen (secondary N) is 2. The first-order valence-electron chi connectivity index (χ1n) is 3.10. The Hall–Kier alpha value is -0.860. The molecular formula is C6H11N3. The van der Waals surface area contributed by atoms with Crippen LogP contribution in [-0.4, -0.2) is 11.5 Å². The Kier molecular flexibility index (Phi) is 1.51. The molecule has 0 aromatic carbocycles.